The molecule has 0 bridgehead atoms. The van der Waals surface area contributed by atoms with Crippen molar-refractivity contribution in [2.24, 2.45) is 0 Å². The van der Waals surface area contributed by atoms with Gasteiger partial charge in [-0.15, -0.1) is 0 Å². The normalized spacial score (nSPS) is 15.7. The first-order valence-corrected chi connectivity index (χ1v) is 8.34. The number of rotatable bonds is 4. The minimum absolute atomic E-state index is 0.00549. The van der Waals surface area contributed by atoms with E-state index >= 15 is 0 Å². The summed E-state index contributed by atoms with van der Waals surface area (Å²) in [5, 5.41) is 0. The number of benzene rings is 1. The van der Waals surface area contributed by atoms with E-state index in [-0.39, 0.29) is 18.4 Å². The number of nitrogens with zero attached hydrogens (tertiary/aromatic N) is 3. The number of anilines is 1. The molecule has 1 saturated heterocycles. The van der Waals surface area contributed by atoms with Crippen LogP contribution in [-0.4, -0.2) is 60.9 Å². The molecule has 0 aromatic heterocycles. The number of piperazine rings is 1. The molecule has 1 aromatic carbocycles. The zero-order chi connectivity index (χ0) is 16.1. The summed E-state index contributed by atoms with van der Waals surface area (Å²) in [5.74, 6) is -0.121. The molecule has 1 aliphatic heterocycles. The predicted molar refractivity (Wildman–Crippen MR) is 90.9 cm³/mol. The van der Waals surface area contributed by atoms with Crippen LogP contribution in [0.1, 0.15) is 13.8 Å². The van der Waals surface area contributed by atoms with Crippen LogP contribution < -0.4 is 4.90 Å². The van der Waals surface area contributed by atoms with Crippen LogP contribution >= 0.6 is 15.9 Å². The minimum Gasteiger partial charge on any atom is -0.339 e. The highest BCUT2D eigenvalue weighted by Gasteiger charge is 2.23. The summed E-state index contributed by atoms with van der Waals surface area (Å²) >= 11 is 3.40. The van der Waals surface area contributed by atoms with Crippen molar-refractivity contribution in [3.8, 4) is 0 Å². The Labute approximate surface area is 140 Å². The minimum atomic E-state index is -0.126. The third-order valence-corrected chi connectivity index (χ3v) is 4.46. The van der Waals surface area contributed by atoms with Gasteiger partial charge in [0.05, 0.1) is 0 Å². The Morgan fingerprint density at radius 2 is 1.91 bits per heavy atom. The highest BCUT2D eigenvalue weighted by molar-refractivity contribution is 9.10. The maximum atomic E-state index is 12.5. The first-order chi connectivity index (χ1) is 10.5. The quantitative estimate of drug-likeness (QED) is 0.816. The molecule has 0 spiro atoms. The fourth-order valence-electron chi connectivity index (χ4n) is 2.58. The molecule has 0 atom stereocenters. The second kappa shape index (κ2) is 7.74. The van der Waals surface area contributed by atoms with Crippen molar-refractivity contribution in [3.63, 3.8) is 0 Å². The van der Waals surface area contributed by atoms with Gasteiger partial charge in [-0.05, 0) is 24.7 Å². The summed E-state index contributed by atoms with van der Waals surface area (Å²) in [4.78, 5) is 30.1. The van der Waals surface area contributed by atoms with Crippen molar-refractivity contribution in [3.05, 3.63) is 28.7 Å². The number of carbonyl (C=O) groups excluding carboxylic acids is 2. The van der Waals surface area contributed by atoms with Gasteiger partial charge in [-0.1, -0.05) is 28.9 Å². The number of likely N-dealkylation sites (N-methyl/N-ethyl adjacent to an activating group) is 1. The zero-order valence-electron chi connectivity index (χ0n) is 13.1. The fraction of sp³-hybridized carbons (Fsp3) is 0.500. The lowest BCUT2D eigenvalue weighted by Crippen LogP contribution is -2.51. The van der Waals surface area contributed by atoms with Gasteiger partial charge in [0.2, 0.25) is 11.8 Å². The number of halogens is 1. The van der Waals surface area contributed by atoms with E-state index in [0.717, 1.165) is 42.9 Å². The van der Waals surface area contributed by atoms with E-state index in [1.54, 1.807) is 0 Å². The third kappa shape index (κ3) is 4.30. The monoisotopic (exact) mass is 367 g/mol. The first-order valence-electron chi connectivity index (χ1n) is 7.55. The van der Waals surface area contributed by atoms with Crippen molar-refractivity contribution in [2.75, 3.05) is 44.2 Å². The molecule has 2 amide bonds. The van der Waals surface area contributed by atoms with Crippen LogP contribution in [-0.2, 0) is 9.59 Å². The smallest absolute Gasteiger partial charge is 0.242 e. The van der Waals surface area contributed by atoms with Gasteiger partial charge in [0.1, 0.15) is 6.54 Å². The molecule has 6 heteroatoms. The van der Waals surface area contributed by atoms with Gasteiger partial charge in [-0.2, -0.15) is 0 Å². The van der Waals surface area contributed by atoms with Crippen LogP contribution in [0, 0.1) is 0 Å². The fourth-order valence-corrected chi connectivity index (χ4v) is 2.96. The molecule has 1 fully saturated rings. The second-order valence-corrected chi connectivity index (χ2v) is 6.32. The van der Waals surface area contributed by atoms with Crippen molar-refractivity contribution in [2.45, 2.75) is 13.8 Å². The van der Waals surface area contributed by atoms with Gasteiger partial charge >= 0.3 is 0 Å². The lowest BCUT2D eigenvalue weighted by Gasteiger charge is -2.35. The van der Waals surface area contributed by atoms with Crippen molar-refractivity contribution in [1.29, 1.82) is 0 Å². The second-order valence-electron chi connectivity index (χ2n) is 5.40. The summed E-state index contributed by atoms with van der Waals surface area (Å²) in [7, 11) is 0. The van der Waals surface area contributed by atoms with Gasteiger partial charge in [-0.3, -0.25) is 9.59 Å². The average Bonchev–Trinajstić information content (AvgIpc) is 2.52. The van der Waals surface area contributed by atoms with E-state index in [9.17, 15) is 9.59 Å². The molecule has 1 aromatic rings. The number of carbonyl (C=O) groups is 2. The van der Waals surface area contributed by atoms with E-state index in [4.69, 9.17) is 0 Å². The molecule has 1 aliphatic rings. The zero-order valence-corrected chi connectivity index (χ0v) is 14.7. The average molecular weight is 368 g/mol. The summed E-state index contributed by atoms with van der Waals surface area (Å²) in [6.07, 6.45) is 0. The van der Waals surface area contributed by atoms with Gasteiger partial charge in [0.25, 0.3) is 0 Å². The van der Waals surface area contributed by atoms with E-state index in [0.29, 0.717) is 0 Å². The molecule has 0 aliphatic carbocycles. The molecule has 0 radical (unpaired) electrons. The van der Waals surface area contributed by atoms with Crippen LogP contribution in [0.2, 0.25) is 0 Å². The Morgan fingerprint density at radius 3 is 2.45 bits per heavy atom. The van der Waals surface area contributed by atoms with E-state index in [1.165, 1.54) is 11.8 Å². The Balaban J connectivity index is 2.02. The summed E-state index contributed by atoms with van der Waals surface area (Å²) in [5.41, 5.74) is 0.738. The molecule has 120 valence electrons. The highest BCUT2D eigenvalue weighted by Crippen LogP contribution is 2.20. The van der Waals surface area contributed by atoms with Crippen molar-refractivity contribution >= 4 is 33.4 Å². The number of amides is 2. The van der Waals surface area contributed by atoms with Crippen LogP contribution in [0.4, 0.5) is 5.69 Å². The van der Waals surface area contributed by atoms with Gasteiger partial charge in [0, 0.05) is 43.3 Å². The molecule has 0 unspecified atom stereocenters. The molecule has 1 heterocycles. The van der Waals surface area contributed by atoms with Crippen LogP contribution in [0.25, 0.3) is 0 Å². The Kier molecular flexibility index (Phi) is 5.97. The van der Waals surface area contributed by atoms with E-state index in [1.807, 2.05) is 29.2 Å². The number of hydrogen-bond acceptors (Lipinski definition) is 3. The Morgan fingerprint density at radius 1 is 1.23 bits per heavy atom. The Hall–Kier alpha value is -1.40. The SMILES string of the molecule is CCN1CCN(C(=O)CN(C(C)=O)c2cccc(Br)c2)CC1. The maximum Gasteiger partial charge on any atom is 0.242 e. The highest BCUT2D eigenvalue weighted by atomic mass is 79.9. The molecular weight excluding hydrogens is 346 g/mol. The third-order valence-electron chi connectivity index (χ3n) is 3.97. The van der Waals surface area contributed by atoms with Gasteiger partial charge < -0.3 is 14.7 Å². The van der Waals surface area contributed by atoms with Crippen molar-refractivity contribution < 1.29 is 9.59 Å². The lowest BCUT2D eigenvalue weighted by molar-refractivity contribution is -0.132. The molecule has 5 nitrogen and oxygen atoms in total. The van der Waals surface area contributed by atoms with E-state index < -0.39 is 0 Å². The summed E-state index contributed by atoms with van der Waals surface area (Å²) in [6, 6.07) is 7.45. The van der Waals surface area contributed by atoms with E-state index in [2.05, 4.69) is 27.8 Å². The van der Waals surface area contributed by atoms with Gasteiger partial charge in [0.15, 0.2) is 0 Å². The molecule has 0 saturated carbocycles. The summed E-state index contributed by atoms with van der Waals surface area (Å²) in [6.45, 7) is 8.00. The standard InChI is InChI=1S/C16H22BrN3O2/c1-3-18-7-9-19(10-8-18)16(22)12-20(13(2)21)15-6-4-5-14(17)11-15/h4-6,11H,3,7-10,12H2,1-2H3. The molecule has 22 heavy (non-hydrogen) atoms. The predicted octanol–water partition coefficient (Wildman–Crippen LogP) is 1.97. The molecule has 0 N–H and O–H groups in total. The van der Waals surface area contributed by atoms with Crippen LogP contribution in [0.15, 0.2) is 28.7 Å². The largest absolute Gasteiger partial charge is 0.339 e. The van der Waals surface area contributed by atoms with Gasteiger partial charge in [-0.25, -0.2) is 0 Å². The lowest BCUT2D eigenvalue weighted by atomic mass is 10.2. The first kappa shape index (κ1) is 17.0. The molecular formula is C16H22BrN3O2. The van der Waals surface area contributed by atoms with Crippen LogP contribution in [0.5, 0.6) is 0 Å². The molecule has 2 rings (SSSR count). The topological polar surface area (TPSA) is 43.9 Å². The number of hydrogen-bond donors (Lipinski definition) is 0. The maximum absolute atomic E-state index is 12.5. The van der Waals surface area contributed by atoms with Crippen LogP contribution in [0.3, 0.4) is 0 Å². The van der Waals surface area contributed by atoms with Crippen molar-refractivity contribution in [1.82, 2.24) is 9.80 Å². The summed E-state index contributed by atoms with van der Waals surface area (Å²) < 4.78 is 0.889. The Bertz CT molecular complexity index is 542.